The molecule has 0 radical (unpaired) electrons. The van der Waals surface area contributed by atoms with Gasteiger partial charge in [0.25, 0.3) is 0 Å². The number of carbonyl (C=O) groups excluding carboxylic acids is 1. The van der Waals surface area contributed by atoms with E-state index in [2.05, 4.69) is 10.6 Å². The van der Waals surface area contributed by atoms with Gasteiger partial charge >= 0.3 is 0 Å². The first-order chi connectivity index (χ1) is 8.29. The van der Waals surface area contributed by atoms with Crippen molar-refractivity contribution >= 4 is 11.6 Å². The van der Waals surface area contributed by atoms with Crippen molar-refractivity contribution in [3.63, 3.8) is 0 Å². The van der Waals surface area contributed by atoms with Gasteiger partial charge < -0.3 is 15.7 Å². The highest BCUT2D eigenvalue weighted by Crippen LogP contribution is 2.12. The second-order valence-electron chi connectivity index (χ2n) is 4.35. The molecule has 0 aliphatic carbocycles. The second-order valence-corrected chi connectivity index (χ2v) is 4.35. The number of carbonyl (C=O) groups is 1. The van der Waals surface area contributed by atoms with E-state index in [0.717, 1.165) is 37.1 Å². The molecular weight excluding hydrogens is 216 g/mol. The Balaban J connectivity index is 1.92. The van der Waals surface area contributed by atoms with Gasteiger partial charge in [0, 0.05) is 5.69 Å². The quantitative estimate of drug-likeness (QED) is 0.738. The third-order valence-corrected chi connectivity index (χ3v) is 3.03. The molecule has 0 unspecified atom stereocenters. The lowest BCUT2D eigenvalue weighted by Gasteiger charge is -2.22. The maximum absolute atomic E-state index is 11.9. The lowest BCUT2D eigenvalue weighted by Crippen LogP contribution is -2.43. The smallest absolute Gasteiger partial charge is 0.241 e. The molecular formula is C13H18N2O2. The number of nitrogens with one attached hydrogen (secondary N) is 2. The van der Waals surface area contributed by atoms with Crippen molar-refractivity contribution < 1.29 is 9.90 Å². The van der Waals surface area contributed by atoms with Gasteiger partial charge in [-0.1, -0.05) is 18.6 Å². The Morgan fingerprint density at radius 2 is 2.12 bits per heavy atom. The Bertz CT molecular complexity index is 370. The van der Waals surface area contributed by atoms with Gasteiger partial charge in [-0.25, -0.2) is 0 Å². The van der Waals surface area contributed by atoms with E-state index in [4.69, 9.17) is 5.11 Å². The molecule has 1 atom stereocenters. The van der Waals surface area contributed by atoms with Crippen LogP contribution in [0.3, 0.4) is 0 Å². The highest BCUT2D eigenvalue weighted by Gasteiger charge is 2.20. The summed E-state index contributed by atoms with van der Waals surface area (Å²) < 4.78 is 0. The van der Waals surface area contributed by atoms with Crippen LogP contribution in [0, 0.1) is 0 Å². The van der Waals surface area contributed by atoms with Crippen LogP contribution in [0.25, 0.3) is 0 Å². The Kier molecular flexibility index (Phi) is 4.12. The third kappa shape index (κ3) is 3.28. The van der Waals surface area contributed by atoms with Gasteiger partial charge in [0.15, 0.2) is 0 Å². The first kappa shape index (κ1) is 12.1. The molecule has 1 aromatic carbocycles. The van der Waals surface area contributed by atoms with Crippen molar-refractivity contribution in [3.8, 4) is 0 Å². The minimum Gasteiger partial charge on any atom is -0.392 e. The largest absolute Gasteiger partial charge is 0.392 e. The molecule has 4 heteroatoms. The molecule has 4 nitrogen and oxygen atoms in total. The summed E-state index contributed by atoms with van der Waals surface area (Å²) >= 11 is 0. The van der Waals surface area contributed by atoms with Crippen LogP contribution in [0.5, 0.6) is 0 Å². The van der Waals surface area contributed by atoms with E-state index in [-0.39, 0.29) is 18.6 Å². The number of amides is 1. The zero-order chi connectivity index (χ0) is 12.1. The van der Waals surface area contributed by atoms with Gasteiger partial charge in [-0.2, -0.15) is 0 Å². The number of rotatable bonds is 3. The van der Waals surface area contributed by atoms with E-state index in [1.807, 2.05) is 24.3 Å². The minimum atomic E-state index is -0.0683. The van der Waals surface area contributed by atoms with Crippen LogP contribution in [0.15, 0.2) is 24.3 Å². The lowest BCUT2D eigenvalue weighted by atomic mass is 10.0. The van der Waals surface area contributed by atoms with Crippen LogP contribution in [-0.2, 0) is 11.4 Å². The summed E-state index contributed by atoms with van der Waals surface area (Å²) in [5.41, 5.74) is 1.62. The molecule has 0 bridgehead atoms. The normalized spacial score (nSPS) is 19.9. The standard InChI is InChI=1S/C13H18N2O2/c16-9-10-4-6-11(7-5-10)15-13(17)12-3-1-2-8-14-12/h4-7,12,14,16H,1-3,8-9H2,(H,15,17)/t12-/m0/s1. The number of hydrogen-bond acceptors (Lipinski definition) is 3. The van der Waals surface area contributed by atoms with Gasteiger partial charge in [-0.3, -0.25) is 4.79 Å². The van der Waals surface area contributed by atoms with Crippen LogP contribution < -0.4 is 10.6 Å². The number of anilines is 1. The van der Waals surface area contributed by atoms with Gasteiger partial charge in [0.1, 0.15) is 0 Å². The molecule has 1 heterocycles. The van der Waals surface area contributed by atoms with Gasteiger partial charge in [0.05, 0.1) is 12.6 Å². The number of benzene rings is 1. The van der Waals surface area contributed by atoms with Crippen molar-refractivity contribution in [2.45, 2.75) is 31.9 Å². The molecule has 0 saturated carbocycles. The molecule has 2 rings (SSSR count). The van der Waals surface area contributed by atoms with Crippen molar-refractivity contribution in [2.24, 2.45) is 0 Å². The Labute approximate surface area is 101 Å². The molecule has 1 fully saturated rings. The maximum Gasteiger partial charge on any atom is 0.241 e. The van der Waals surface area contributed by atoms with E-state index in [1.165, 1.54) is 0 Å². The molecule has 1 aliphatic rings. The van der Waals surface area contributed by atoms with Crippen molar-refractivity contribution in [3.05, 3.63) is 29.8 Å². The number of aliphatic hydroxyl groups excluding tert-OH is 1. The van der Waals surface area contributed by atoms with Gasteiger partial charge in [0.2, 0.25) is 5.91 Å². The van der Waals surface area contributed by atoms with E-state index >= 15 is 0 Å². The van der Waals surface area contributed by atoms with Crippen molar-refractivity contribution in [2.75, 3.05) is 11.9 Å². The Hall–Kier alpha value is -1.39. The summed E-state index contributed by atoms with van der Waals surface area (Å²) in [4.78, 5) is 11.9. The summed E-state index contributed by atoms with van der Waals surface area (Å²) in [6.07, 6.45) is 3.16. The summed E-state index contributed by atoms with van der Waals surface area (Å²) in [7, 11) is 0. The molecule has 1 saturated heterocycles. The fourth-order valence-electron chi connectivity index (χ4n) is 2.00. The van der Waals surface area contributed by atoms with Gasteiger partial charge in [-0.15, -0.1) is 0 Å². The van der Waals surface area contributed by atoms with E-state index in [9.17, 15) is 4.79 Å². The highest BCUT2D eigenvalue weighted by atomic mass is 16.3. The average molecular weight is 234 g/mol. The summed E-state index contributed by atoms with van der Waals surface area (Å²) in [5, 5.41) is 15.0. The van der Waals surface area contributed by atoms with Crippen LogP contribution >= 0.6 is 0 Å². The topological polar surface area (TPSA) is 61.4 Å². The van der Waals surface area contributed by atoms with Crippen LogP contribution in [-0.4, -0.2) is 23.6 Å². The zero-order valence-corrected chi connectivity index (χ0v) is 9.78. The molecule has 1 aliphatic heterocycles. The summed E-state index contributed by atoms with van der Waals surface area (Å²) in [6.45, 7) is 0.944. The number of hydrogen-bond donors (Lipinski definition) is 3. The predicted octanol–water partition coefficient (Wildman–Crippen LogP) is 1.26. The van der Waals surface area contributed by atoms with Gasteiger partial charge in [-0.05, 0) is 37.1 Å². The van der Waals surface area contributed by atoms with Crippen LogP contribution in [0.1, 0.15) is 24.8 Å². The highest BCUT2D eigenvalue weighted by molar-refractivity contribution is 5.94. The van der Waals surface area contributed by atoms with Crippen molar-refractivity contribution in [1.82, 2.24) is 5.32 Å². The molecule has 1 amide bonds. The van der Waals surface area contributed by atoms with Crippen LogP contribution in [0.2, 0.25) is 0 Å². The summed E-state index contributed by atoms with van der Waals surface area (Å²) in [5.74, 6) is 0.0291. The molecule has 1 aromatic rings. The van der Waals surface area contributed by atoms with Crippen molar-refractivity contribution in [1.29, 1.82) is 0 Å². The molecule has 92 valence electrons. The molecule has 17 heavy (non-hydrogen) atoms. The second kappa shape index (κ2) is 5.80. The zero-order valence-electron chi connectivity index (χ0n) is 9.78. The monoisotopic (exact) mass is 234 g/mol. The first-order valence-corrected chi connectivity index (χ1v) is 6.03. The summed E-state index contributed by atoms with van der Waals surface area (Å²) in [6, 6.07) is 7.17. The first-order valence-electron chi connectivity index (χ1n) is 6.03. The fraction of sp³-hybridized carbons (Fsp3) is 0.462. The van der Waals surface area contributed by atoms with E-state index in [1.54, 1.807) is 0 Å². The Morgan fingerprint density at radius 1 is 1.35 bits per heavy atom. The fourth-order valence-corrected chi connectivity index (χ4v) is 2.00. The lowest BCUT2D eigenvalue weighted by molar-refractivity contribution is -0.118. The maximum atomic E-state index is 11.9. The molecule has 0 aromatic heterocycles. The van der Waals surface area contributed by atoms with E-state index in [0.29, 0.717) is 0 Å². The average Bonchev–Trinajstić information content (AvgIpc) is 2.40. The predicted molar refractivity (Wildman–Crippen MR) is 66.6 cm³/mol. The molecule has 3 N–H and O–H groups in total. The number of piperidine rings is 1. The minimum absolute atomic E-state index is 0.0262. The van der Waals surface area contributed by atoms with E-state index < -0.39 is 0 Å². The SMILES string of the molecule is O=C(Nc1ccc(CO)cc1)[C@@H]1CCCCN1. The number of aliphatic hydroxyl groups is 1. The molecule has 0 spiro atoms. The third-order valence-electron chi connectivity index (χ3n) is 3.03. The van der Waals surface area contributed by atoms with Crippen LogP contribution in [0.4, 0.5) is 5.69 Å². The Morgan fingerprint density at radius 3 is 2.71 bits per heavy atom.